The van der Waals surface area contributed by atoms with Crippen molar-refractivity contribution in [2.45, 2.75) is 12.8 Å². The summed E-state index contributed by atoms with van der Waals surface area (Å²) in [6.07, 6.45) is 0.548. The lowest BCUT2D eigenvalue weighted by Gasteiger charge is -2.08. The van der Waals surface area contributed by atoms with E-state index in [4.69, 9.17) is 10.8 Å². The number of nitrogens with one attached hydrogen (secondary N) is 2. The SMILES string of the molecule is NC(=O)CCCNC(=O)Nc1ccc(F)c(C(=O)O)c1. The molecule has 0 aliphatic carbocycles. The van der Waals surface area contributed by atoms with E-state index < -0.39 is 29.3 Å². The highest BCUT2D eigenvalue weighted by molar-refractivity contribution is 5.93. The summed E-state index contributed by atoms with van der Waals surface area (Å²) in [4.78, 5) is 32.6. The van der Waals surface area contributed by atoms with Crippen molar-refractivity contribution in [3.63, 3.8) is 0 Å². The van der Waals surface area contributed by atoms with Gasteiger partial charge >= 0.3 is 12.0 Å². The summed E-state index contributed by atoms with van der Waals surface area (Å²) < 4.78 is 13.1. The molecule has 0 atom stereocenters. The van der Waals surface area contributed by atoms with Crippen molar-refractivity contribution in [1.82, 2.24) is 5.32 Å². The number of primary amides is 1. The second-order valence-corrected chi connectivity index (χ2v) is 3.95. The van der Waals surface area contributed by atoms with Gasteiger partial charge in [0.2, 0.25) is 5.91 Å². The number of carboxylic acids is 1. The molecule has 5 N–H and O–H groups in total. The van der Waals surface area contributed by atoms with Crippen molar-refractivity contribution in [2.75, 3.05) is 11.9 Å². The third-order valence-electron chi connectivity index (χ3n) is 2.34. The minimum Gasteiger partial charge on any atom is -0.478 e. The summed E-state index contributed by atoms with van der Waals surface area (Å²) in [6.45, 7) is 0.238. The molecule has 0 spiro atoms. The Labute approximate surface area is 114 Å². The van der Waals surface area contributed by atoms with Crippen molar-refractivity contribution in [3.05, 3.63) is 29.6 Å². The van der Waals surface area contributed by atoms with Gasteiger partial charge in [-0.3, -0.25) is 4.79 Å². The maximum Gasteiger partial charge on any atom is 0.338 e. The fourth-order valence-corrected chi connectivity index (χ4v) is 1.41. The molecular weight excluding hydrogens is 269 g/mol. The van der Waals surface area contributed by atoms with E-state index in [-0.39, 0.29) is 18.7 Å². The number of aromatic carboxylic acids is 1. The average molecular weight is 283 g/mol. The number of carbonyl (C=O) groups excluding carboxylic acids is 2. The number of amides is 3. The number of benzene rings is 1. The monoisotopic (exact) mass is 283 g/mol. The Hall–Kier alpha value is -2.64. The van der Waals surface area contributed by atoms with Crippen LogP contribution in [0.4, 0.5) is 14.9 Å². The van der Waals surface area contributed by atoms with E-state index in [0.717, 1.165) is 12.1 Å². The lowest BCUT2D eigenvalue weighted by atomic mass is 10.2. The van der Waals surface area contributed by atoms with Gasteiger partial charge in [0.15, 0.2) is 0 Å². The normalized spacial score (nSPS) is 9.85. The predicted octanol–water partition coefficient (Wildman–Crippen LogP) is 0.911. The van der Waals surface area contributed by atoms with E-state index >= 15 is 0 Å². The number of nitrogens with two attached hydrogens (primary N) is 1. The fourth-order valence-electron chi connectivity index (χ4n) is 1.41. The molecule has 0 radical (unpaired) electrons. The van der Waals surface area contributed by atoms with Crippen molar-refractivity contribution in [2.24, 2.45) is 5.73 Å². The van der Waals surface area contributed by atoms with Gasteiger partial charge in [0.1, 0.15) is 5.82 Å². The maximum absolute atomic E-state index is 13.1. The molecule has 0 fully saturated rings. The van der Waals surface area contributed by atoms with Gasteiger partial charge < -0.3 is 21.5 Å². The zero-order valence-electron chi connectivity index (χ0n) is 10.5. The Morgan fingerprint density at radius 3 is 2.60 bits per heavy atom. The number of urea groups is 1. The molecule has 1 rings (SSSR count). The molecular formula is C12H14FN3O4. The summed E-state index contributed by atoms with van der Waals surface area (Å²) >= 11 is 0. The molecule has 0 aliphatic heterocycles. The third kappa shape index (κ3) is 4.92. The van der Waals surface area contributed by atoms with E-state index in [1.807, 2.05) is 0 Å². The molecule has 0 bridgehead atoms. The van der Waals surface area contributed by atoms with Crippen LogP contribution in [0.5, 0.6) is 0 Å². The first kappa shape index (κ1) is 15.4. The Morgan fingerprint density at radius 2 is 2.00 bits per heavy atom. The van der Waals surface area contributed by atoms with E-state index in [1.54, 1.807) is 0 Å². The van der Waals surface area contributed by atoms with Gasteiger partial charge in [0.25, 0.3) is 0 Å². The van der Waals surface area contributed by atoms with Gasteiger partial charge in [-0.25, -0.2) is 14.0 Å². The van der Waals surface area contributed by atoms with Gasteiger partial charge in [-0.05, 0) is 24.6 Å². The molecule has 0 saturated carbocycles. The van der Waals surface area contributed by atoms with Gasteiger partial charge in [-0.2, -0.15) is 0 Å². The minimum absolute atomic E-state index is 0.149. The molecule has 20 heavy (non-hydrogen) atoms. The first-order valence-corrected chi connectivity index (χ1v) is 5.76. The summed E-state index contributed by atoms with van der Waals surface area (Å²) in [6, 6.07) is 2.62. The van der Waals surface area contributed by atoms with Crippen LogP contribution in [0.15, 0.2) is 18.2 Å². The van der Waals surface area contributed by atoms with Crippen LogP contribution in [0.2, 0.25) is 0 Å². The predicted molar refractivity (Wildman–Crippen MR) is 68.8 cm³/mol. The number of carbonyl (C=O) groups is 3. The Balaban J connectivity index is 2.52. The van der Waals surface area contributed by atoms with Gasteiger partial charge in [-0.15, -0.1) is 0 Å². The van der Waals surface area contributed by atoms with Crippen LogP contribution in [0.1, 0.15) is 23.2 Å². The summed E-state index contributed by atoms with van der Waals surface area (Å²) in [5.41, 5.74) is 4.55. The maximum atomic E-state index is 13.1. The zero-order valence-corrected chi connectivity index (χ0v) is 10.5. The Kier molecular flexibility index (Phi) is 5.45. The molecule has 108 valence electrons. The van der Waals surface area contributed by atoms with Crippen molar-refractivity contribution in [3.8, 4) is 0 Å². The van der Waals surface area contributed by atoms with Crippen molar-refractivity contribution < 1.29 is 23.9 Å². The summed E-state index contributed by atoms with van der Waals surface area (Å²) in [5.74, 6) is -2.77. The highest BCUT2D eigenvalue weighted by atomic mass is 19.1. The van der Waals surface area contributed by atoms with Crippen LogP contribution in [0.25, 0.3) is 0 Å². The molecule has 7 nitrogen and oxygen atoms in total. The number of hydrogen-bond donors (Lipinski definition) is 4. The van der Waals surface area contributed by atoms with Crippen molar-refractivity contribution >= 4 is 23.6 Å². The largest absolute Gasteiger partial charge is 0.478 e. The average Bonchev–Trinajstić information content (AvgIpc) is 2.36. The molecule has 0 unspecified atom stereocenters. The van der Waals surface area contributed by atoms with Gasteiger partial charge in [0.05, 0.1) is 5.56 Å². The number of anilines is 1. The zero-order chi connectivity index (χ0) is 15.1. The van der Waals surface area contributed by atoms with Crippen LogP contribution >= 0.6 is 0 Å². The molecule has 1 aromatic carbocycles. The summed E-state index contributed by atoms with van der Waals surface area (Å²) in [7, 11) is 0. The molecule has 0 aromatic heterocycles. The van der Waals surface area contributed by atoms with Gasteiger partial charge in [-0.1, -0.05) is 0 Å². The highest BCUT2D eigenvalue weighted by Gasteiger charge is 2.11. The van der Waals surface area contributed by atoms with Crippen molar-refractivity contribution in [1.29, 1.82) is 0 Å². The third-order valence-corrected chi connectivity index (χ3v) is 2.34. The van der Waals surface area contributed by atoms with E-state index in [1.165, 1.54) is 6.07 Å². The minimum atomic E-state index is -1.42. The number of rotatable bonds is 6. The van der Waals surface area contributed by atoms with E-state index in [9.17, 15) is 18.8 Å². The quantitative estimate of drug-likeness (QED) is 0.580. The second kappa shape index (κ2) is 7.07. The molecule has 0 heterocycles. The van der Waals surface area contributed by atoms with E-state index in [2.05, 4.69) is 10.6 Å². The molecule has 3 amide bonds. The number of hydrogen-bond acceptors (Lipinski definition) is 3. The number of carboxylic acid groups (broad SMARTS) is 1. The lowest BCUT2D eigenvalue weighted by molar-refractivity contribution is -0.118. The summed E-state index contributed by atoms with van der Waals surface area (Å²) in [5, 5.41) is 13.5. The first-order valence-electron chi connectivity index (χ1n) is 5.76. The Morgan fingerprint density at radius 1 is 1.30 bits per heavy atom. The molecule has 8 heteroatoms. The topological polar surface area (TPSA) is 122 Å². The van der Waals surface area contributed by atoms with Crippen LogP contribution in [-0.4, -0.2) is 29.6 Å². The Bertz CT molecular complexity index is 533. The fraction of sp³-hybridized carbons (Fsp3) is 0.250. The first-order chi connectivity index (χ1) is 9.40. The molecule has 0 aliphatic rings. The standard InChI is InChI=1S/C12H14FN3O4/c13-9-4-3-7(6-8(9)11(18)19)16-12(20)15-5-1-2-10(14)17/h3-4,6H,1-2,5H2,(H2,14,17)(H,18,19)(H2,15,16,20). The van der Waals surface area contributed by atoms with Gasteiger partial charge in [0, 0.05) is 18.7 Å². The number of halogens is 1. The second-order valence-electron chi connectivity index (χ2n) is 3.95. The van der Waals surface area contributed by atoms with Crippen LogP contribution in [0, 0.1) is 5.82 Å². The smallest absolute Gasteiger partial charge is 0.338 e. The molecule has 1 aromatic rings. The lowest BCUT2D eigenvalue weighted by Crippen LogP contribution is -2.30. The molecule has 0 saturated heterocycles. The van der Waals surface area contributed by atoms with Crippen LogP contribution in [0.3, 0.4) is 0 Å². The van der Waals surface area contributed by atoms with Crippen LogP contribution in [-0.2, 0) is 4.79 Å². The van der Waals surface area contributed by atoms with E-state index in [0.29, 0.717) is 6.42 Å². The van der Waals surface area contributed by atoms with Crippen LogP contribution < -0.4 is 16.4 Å². The highest BCUT2D eigenvalue weighted by Crippen LogP contribution is 2.14.